The van der Waals surface area contributed by atoms with Crippen molar-refractivity contribution in [3.8, 4) is 0 Å². The minimum atomic E-state index is 0.238. The summed E-state index contributed by atoms with van der Waals surface area (Å²) in [6, 6.07) is 2.13. The molecule has 1 aromatic rings. The molecule has 3 heteroatoms. The van der Waals surface area contributed by atoms with Gasteiger partial charge in [-0.1, -0.05) is 13.8 Å². The lowest BCUT2D eigenvalue weighted by Gasteiger charge is -2.08. The van der Waals surface area contributed by atoms with Crippen LogP contribution in [0.3, 0.4) is 0 Å². The van der Waals surface area contributed by atoms with E-state index >= 15 is 0 Å². The van der Waals surface area contributed by atoms with Gasteiger partial charge in [-0.3, -0.25) is 4.68 Å². The van der Waals surface area contributed by atoms with Gasteiger partial charge in [0.25, 0.3) is 0 Å². The molecule has 0 amide bonds. The number of hydrogen-bond donors (Lipinski definition) is 1. The Kier molecular flexibility index (Phi) is 2.35. The fourth-order valence-corrected chi connectivity index (χ4v) is 1.84. The summed E-state index contributed by atoms with van der Waals surface area (Å²) >= 11 is 0. The first-order valence-corrected chi connectivity index (χ1v) is 5.40. The third-order valence-electron chi connectivity index (χ3n) is 2.98. The van der Waals surface area contributed by atoms with E-state index in [-0.39, 0.29) is 5.41 Å². The molecule has 1 fully saturated rings. The highest BCUT2D eigenvalue weighted by molar-refractivity contribution is 5.23. The highest BCUT2D eigenvalue weighted by Crippen LogP contribution is 2.46. The molecule has 2 N–H and O–H groups in total. The van der Waals surface area contributed by atoms with E-state index in [0.29, 0.717) is 5.92 Å². The van der Waals surface area contributed by atoms with E-state index in [1.165, 1.54) is 18.5 Å². The second kappa shape index (κ2) is 3.39. The predicted octanol–water partition coefficient (Wildman–Crippen LogP) is 1.53. The van der Waals surface area contributed by atoms with Crippen molar-refractivity contribution in [2.24, 2.45) is 11.7 Å². The largest absolute Gasteiger partial charge is 0.330 e. The molecule has 1 aliphatic carbocycles. The van der Waals surface area contributed by atoms with Crippen LogP contribution in [0.5, 0.6) is 0 Å². The van der Waals surface area contributed by atoms with Crippen molar-refractivity contribution in [2.75, 3.05) is 6.54 Å². The summed E-state index contributed by atoms with van der Waals surface area (Å²) in [6.45, 7) is 6.15. The van der Waals surface area contributed by atoms with Crippen LogP contribution < -0.4 is 5.73 Å². The van der Waals surface area contributed by atoms with Gasteiger partial charge in [-0.2, -0.15) is 5.10 Å². The molecule has 0 bridgehead atoms. The summed E-state index contributed by atoms with van der Waals surface area (Å²) in [6.07, 6.45) is 4.50. The second-order valence-electron chi connectivity index (χ2n) is 4.80. The third kappa shape index (κ3) is 1.69. The normalized spacial score (nSPS) is 18.9. The fourth-order valence-electron chi connectivity index (χ4n) is 1.84. The molecule has 0 saturated heterocycles. The Morgan fingerprint density at radius 3 is 2.79 bits per heavy atom. The SMILES string of the molecule is CC(C)Cn1ccc(C2(CN)CC2)n1. The van der Waals surface area contributed by atoms with Crippen molar-refractivity contribution < 1.29 is 0 Å². The van der Waals surface area contributed by atoms with E-state index in [4.69, 9.17) is 5.73 Å². The first kappa shape index (κ1) is 9.71. The van der Waals surface area contributed by atoms with Gasteiger partial charge in [-0.25, -0.2) is 0 Å². The maximum absolute atomic E-state index is 5.76. The Labute approximate surface area is 85.3 Å². The number of nitrogens with zero attached hydrogens (tertiary/aromatic N) is 2. The molecule has 0 radical (unpaired) electrons. The Bertz CT molecular complexity index is 310. The molecule has 1 aromatic heterocycles. The standard InChI is InChI=1S/C11H19N3/c1-9(2)7-14-6-3-10(13-14)11(8-12)4-5-11/h3,6,9H,4-5,7-8,12H2,1-2H3. The Morgan fingerprint density at radius 1 is 1.57 bits per heavy atom. The zero-order valence-electron chi connectivity index (χ0n) is 9.03. The maximum Gasteiger partial charge on any atom is 0.0698 e. The summed E-state index contributed by atoms with van der Waals surface area (Å²) in [5.41, 5.74) is 7.20. The van der Waals surface area contributed by atoms with Gasteiger partial charge in [0.1, 0.15) is 0 Å². The molecule has 0 aromatic carbocycles. The van der Waals surface area contributed by atoms with Crippen LogP contribution in [0.15, 0.2) is 12.3 Å². The minimum absolute atomic E-state index is 0.238. The molecule has 1 heterocycles. The van der Waals surface area contributed by atoms with Crippen molar-refractivity contribution in [1.29, 1.82) is 0 Å². The van der Waals surface area contributed by atoms with Gasteiger partial charge in [0.15, 0.2) is 0 Å². The zero-order valence-corrected chi connectivity index (χ0v) is 9.03. The summed E-state index contributed by atoms with van der Waals surface area (Å²) in [7, 11) is 0. The maximum atomic E-state index is 5.76. The molecule has 1 saturated carbocycles. The highest BCUT2D eigenvalue weighted by atomic mass is 15.3. The van der Waals surface area contributed by atoms with E-state index in [1.807, 2.05) is 4.68 Å². The molecule has 2 rings (SSSR count). The summed E-state index contributed by atoms with van der Waals surface area (Å²) in [4.78, 5) is 0. The van der Waals surface area contributed by atoms with Gasteiger partial charge in [-0.05, 0) is 24.8 Å². The van der Waals surface area contributed by atoms with Crippen LogP contribution >= 0.6 is 0 Å². The van der Waals surface area contributed by atoms with E-state index in [9.17, 15) is 0 Å². The molecule has 0 spiro atoms. The van der Waals surface area contributed by atoms with E-state index in [0.717, 1.165) is 13.1 Å². The lowest BCUT2D eigenvalue weighted by Crippen LogP contribution is -2.20. The van der Waals surface area contributed by atoms with Gasteiger partial charge < -0.3 is 5.73 Å². The number of rotatable bonds is 4. The molecule has 3 nitrogen and oxygen atoms in total. The minimum Gasteiger partial charge on any atom is -0.330 e. The number of aromatic nitrogens is 2. The van der Waals surface area contributed by atoms with Crippen LogP contribution in [0.4, 0.5) is 0 Å². The van der Waals surface area contributed by atoms with Gasteiger partial charge in [0, 0.05) is 24.7 Å². The Balaban J connectivity index is 2.10. The smallest absolute Gasteiger partial charge is 0.0698 e. The van der Waals surface area contributed by atoms with E-state index in [2.05, 4.69) is 31.2 Å². The zero-order chi connectivity index (χ0) is 10.2. The van der Waals surface area contributed by atoms with Gasteiger partial charge in [0.2, 0.25) is 0 Å². The lowest BCUT2D eigenvalue weighted by molar-refractivity contribution is 0.474. The van der Waals surface area contributed by atoms with E-state index in [1.54, 1.807) is 0 Å². The van der Waals surface area contributed by atoms with Crippen molar-refractivity contribution in [1.82, 2.24) is 9.78 Å². The van der Waals surface area contributed by atoms with Crippen molar-refractivity contribution in [2.45, 2.75) is 38.6 Å². The Hall–Kier alpha value is -0.830. The van der Waals surface area contributed by atoms with Crippen LogP contribution in [0.1, 0.15) is 32.4 Å². The highest BCUT2D eigenvalue weighted by Gasteiger charge is 2.44. The molecule has 0 unspecified atom stereocenters. The molecule has 0 aliphatic heterocycles. The molecule has 14 heavy (non-hydrogen) atoms. The third-order valence-corrected chi connectivity index (χ3v) is 2.98. The lowest BCUT2D eigenvalue weighted by atomic mass is 10.0. The molecular formula is C11H19N3. The van der Waals surface area contributed by atoms with Crippen LogP contribution in [-0.2, 0) is 12.0 Å². The molecule has 78 valence electrons. The summed E-state index contributed by atoms with van der Waals surface area (Å²) < 4.78 is 2.04. The van der Waals surface area contributed by atoms with Crippen LogP contribution in [0.25, 0.3) is 0 Å². The Morgan fingerprint density at radius 2 is 2.29 bits per heavy atom. The van der Waals surface area contributed by atoms with E-state index < -0.39 is 0 Å². The fraction of sp³-hybridized carbons (Fsp3) is 0.727. The van der Waals surface area contributed by atoms with Gasteiger partial charge >= 0.3 is 0 Å². The molecular weight excluding hydrogens is 174 g/mol. The monoisotopic (exact) mass is 193 g/mol. The van der Waals surface area contributed by atoms with Gasteiger partial charge in [-0.15, -0.1) is 0 Å². The second-order valence-corrected chi connectivity index (χ2v) is 4.80. The number of hydrogen-bond acceptors (Lipinski definition) is 2. The van der Waals surface area contributed by atoms with Gasteiger partial charge in [0.05, 0.1) is 5.69 Å². The first-order valence-electron chi connectivity index (χ1n) is 5.40. The summed E-state index contributed by atoms with van der Waals surface area (Å²) in [5.74, 6) is 0.649. The predicted molar refractivity (Wildman–Crippen MR) is 57.0 cm³/mol. The summed E-state index contributed by atoms with van der Waals surface area (Å²) in [5, 5.41) is 4.59. The van der Waals surface area contributed by atoms with Crippen molar-refractivity contribution in [3.63, 3.8) is 0 Å². The molecule has 1 aliphatic rings. The first-order chi connectivity index (χ1) is 6.66. The quantitative estimate of drug-likeness (QED) is 0.788. The van der Waals surface area contributed by atoms with Crippen molar-refractivity contribution in [3.05, 3.63) is 18.0 Å². The van der Waals surface area contributed by atoms with Crippen molar-refractivity contribution >= 4 is 0 Å². The molecule has 0 atom stereocenters. The average Bonchev–Trinajstić information content (AvgIpc) is 2.81. The van der Waals surface area contributed by atoms with Crippen LogP contribution in [0, 0.1) is 5.92 Å². The van der Waals surface area contributed by atoms with Crippen LogP contribution in [-0.4, -0.2) is 16.3 Å². The topological polar surface area (TPSA) is 43.8 Å². The number of nitrogens with two attached hydrogens (primary N) is 1. The van der Waals surface area contributed by atoms with Crippen LogP contribution in [0.2, 0.25) is 0 Å². The average molecular weight is 193 g/mol.